The number of anilines is 1. The monoisotopic (exact) mass is 414 g/mol. The Bertz CT molecular complexity index is 1210. The van der Waals surface area contributed by atoms with Crippen LogP contribution in [-0.4, -0.2) is 33.4 Å². The Kier molecular flexibility index (Phi) is 4.74. The SMILES string of the molecule is COc1cc(NS(=O)(=O)c2cc3[nH]c4c(c3cc2C)C(=O)CCC4)cc(OC)c1. The Balaban J connectivity index is 1.77. The normalized spacial score (nSPS) is 14.0. The van der Waals surface area contributed by atoms with Crippen molar-refractivity contribution in [3.05, 3.63) is 47.2 Å². The lowest BCUT2D eigenvalue weighted by Gasteiger charge is -2.13. The topological polar surface area (TPSA) is 97.5 Å². The molecule has 8 heteroatoms. The molecule has 2 aromatic carbocycles. The van der Waals surface area contributed by atoms with Crippen molar-refractivity contribution in [1.82, 2.24) is 4.98 Å². The van der Waals surface area contributed by atoms with Crippen LogP contribution in [-0.2, 0) is 16.4 Å². The number of methoxy groups -OCH3 is 2. The third-order valence-electron chi connectivity index (χ3n) is 5.17. The van der Waals surface area contributed by atoms with E-state index in [-0.39, 0.29) is 10.7 Å². The summed E-state index contributed by atoms with van der Waals surface area (Å²) in [5.41, 5.74) is 3.14. The largest absolute Gasteiger partial charge is 0.497 e. The number of carbonyl (C=O) groups excluding carboxylic acids is 1. The molecule has 0 saturated carbocycles. The molecule has 4 rings (SSSR count). The second-order valence-corrected chi connectivity index (χ2v) is 8.78. The zero-order valence-corrected chi connectivity index (χ0v) is 17.3. The van der Waals surface area contributed by atoms with Crippen LogP contribution in [0.2, 0.25) is 0 Å². The first-order chi connectivity index (χ1) is 13.8. The van der Waals surface area contributed by atoms with Gasteiger partial charge in [0.15, 0.2) is 5.78 Å². The summed E-state index contributed by atoms with van der Waals surface area (Å²) in [4.78, 5) is 15.7. The molecule has 0 amide bonds. The first-order valence-electron chi connectivity index (χ1n) is 9.26. The van der Waals surface area contributed by atoms with Gasteiger partial charge in [0.25, 0.3) is 10.0 Å². The lowest BCUT2D eigenvalue weighted by atomic mass is 9.94. The number of nitrogens with one attached hydrogen (secondary N) is 2. The summed E-state index contributed by atoms with van der Waals surface area (Å²) in [7, 11) is -0.868. The van der Waals surface area contributed by atoms with Crippen LogP contribution in [0.25, 0.3) is 10.9 Å². The zero-order chi connectivity index (χ0) is 20.8. The fourth-order valence-electron chi connectivity index (χ4n) is 3.81. The predicted molar refractivity (Wildman–Crippen MR) is 111 cm³/mol. The van der Waals surface area contributed by atoms with E-state index in [2.05, 4.69) is 9.71 Å². The summed E-state index contributed by atoms with van der Waals surface area (Å²) < 4.78 is 39.2. The van der Waals surface area contributed by atoms with Crippen LogP contribution in [0, 0.1) is 6.92 Å². The van der Waals surface area contributed by atoms with E-state index in [1.165, 1.54) is 14.2 Å². The van der Waals surface area contributed by atoms with Gasteiger partial charge < -0.3 is 14.5 Å². The average Bonchev–Trinajstić information content (AvgIpc) is 3.05. The summed E-state index contributed by atoms with van der Waals surface area (Å²) in [6, 6.07) is 8.19. The van der Waals surface area contributed by atoms with Crippen LogP contribution < -0.4 is 14.2 Å². The molecule has 1 aliphatic rings. The van der Waals surface area contributed by atoms with Crippen molar-refractivity contribution in [1.29, 1.82) is 0 Å². The summed E-state index contributed by atoms with van der Waals surface area (Å²) in [6.45, 7) is 1.73. The second kappa shape index (κ2) is 7.11. The number of hydrogen-bond acceptors (Lipinski definition) is 5. The number of aromatic nitrogens is 1. The summed E-state index contributed by atoms with van der Waals surface area (Å²) in [5, 5.41) is 0.782. The van der Waals surface area contributed by atoms with Gasteiger partial charge in [-0.1, -0.05) is 0 Å². The molecule has 0 atom stereocenters. The number of fused-ring (bicyclic) bond motifs is 3. The van der Waals surface area contributed by atoms with Crippen molar-refractivity contribution in [2.45, 2.75) is 31.1 Å². The molecule has 7 nitrogen and oxygen atoms in total. The number of H-pyrrole nitrogens is 1. The highest BCUT2D eigenvalue weighted by molar-refractivity contribution is 7.92. The average molecular weight is 414 g/mol. The van der Waals surface area contributed by atoms with Gasteiger partial charge in [-0.05, 0) is 37.5 Å². The number of aryl methyl sites for hydroxylation is 2. The van der Waals surface area contributed by atoms with Gasteiger partial charge in [0.1, 0.15) is 11.5 Å². The summed E-state index contributed by atoms with van der Waals surface area (Å²) in [5.74, 6) is 1.06. The molecule has 1 aliphatic carbocycles. The van der Waals surface area contributed by atoms with E-state index in [1.54, 1.807) is 37.3 Å². The lowest BCUT2D eigenvalue weighted by molar-refractivity contribution is 0.0974. The Morgan fingerprint density at radius 2 is 1.69 bits per heavy atom. The fourth-order valence-corrected chi connectivity index (χ4v) is 5.10. The molecule has 1 heterocycles. The highest BCUT2D eigenvalue weighted by Gasteiger charge is 2.25. The number of carbonyl (C=O) groups is 1. The quantitative estimate of drug-likeness (QED) is 0.662. The lowest BCUT2D eigenvalue weighted by Crippen LogP contribution is -2.14. The third kappa shape index (κ3) is 3.44. The third-order valence-corrected chi connectivity index (χ3v) is 6.70. The molecule has 152 valence electrons. The van der Waals surface area contributed by atoms with Crippen LogP contribution in [0.3, 0.4) is 0 Å². The van der Waals surface area contributed by atoms with Crippen molar-refractivity contribution in [3.8, 4) is 11.5 Å². The van der Waals surface area contributed by atoms with Gasteiger partial charge in [0.05, 0.1) is 24.8 Å². The number of hydrogen-bond donors (Lipinski definition) is 2. The number of benzene rings is 2. The molecule has 2 N–H and O–H groups in total. The molecule has 0 spiro atoms. The minimum Gasteiger partial charge on any atom is -0.497 e. The standard InChI is InChI=1S/C21H22N2O5S/c1-12-7-16-18(22-17-5-4-6-19(24)21(16)17)11-20(12)29(25,26)23-13-8-14(27-2)10-15(9-13)28-3/h7-11,22-23H,4-6H2,1-3H3. The minimum absolute atomic E-state index is 0.106. The second-order valence-electron chi connectivity index (χ2n) is 7.13. The molecule has 0 unspecified atom stereocenters. The van der Waals surface area contributed by atoms with Crippen molar-refractivity contribution in [2.24, 2.45) is 0 Å². The van der Waals surface area contributed by atoms with Crippen molar-refractivity contribution >= 4 is 32.4 Å². The van der Waals surface area contributed by atoms with Gasteiger partial charge in [-0.25, -0.2) is 8.42 Å². The zero-order valence-electron chi connectivity index (χ0n) is 16.5. The van der Waals surface area contributed by atoms with E-state index in [0.29, 0.717) is 40.3 Å². The van der Waals surface area contributed by atoms with E-state index in [4.69, 9.17) is 9.47 Å². The number of sulfonamides is 1. The predicted octanol–water partition coefficient (Wildman–Crippen LogP) is 3.81. The maximum Gasteiger partial charge on any atom is 0.262 e. The molecule has 0 bridgehead atoms. The van der Waals surface area contributed by atoms with Gasteiger partial charge in [-0.3, -0.25) is 9.52 Å². The van der Waals surface area contributed by atoms with E-state index in [1.807, 2.05) is 0 Å². The molecule has 0 radical (unpaired) electrons. The molecule has 0 aliphatic heterocycles. The molecule has 1 aromatic heterocycles. The summed E-state index contributed by atoms with van der Waals surface area (Å²) in [6.07, 6.45) is 2.12. The first kappa shape index (κ1) is 19.3. The van der Waals surface area contributed by atoms with E-state index in [9.17, 15) is 13.2 Å². The number of ketones is 1. The van der Waals surface area contributed by atoms with Crippen molar-refractivity contribution in [2.75, 3.05) is 18.9 Å². The molecule has 0 saturated heterocycles. The van der Waals surface area contributed by atoms with Gasteiger partial charge in [0, 0.05) is 46.8 Å². The molecule has 3 aromatic rings. The van der Waals surface area contributed by atoms with Crippen LogP contribution in [0.5, 0.6) is 11.5 Å². The van der Waals surface area contributed by atoms with Crippen LogP contribution in [0.1, 0.15) is 34.5 Å². The number of Topliss-reactive ketones (excluding diaryl/α,β-unsaturated/α-hetero) is 1. The molecule has 0 fully saturated rings. The van der Waals surface area contributed by atoms with Crippen molar-refractivity contribution in [3.63, 3.8) is 0 Å². The molecule has 29 heavy (non-hydrogen) atoms. The van der Waals surface area contributed by atoms with E-state index in [0.717, 1.165) is 23.9 Å². The highest BCUT2D eigenvalue weighted by Crippen LogP contribution is 2.33. The van der Waals surface area contributed by atoms with Crippen LogP contribution in [0.15, 0.2) is 35.2 Å². The van der Waals surface area contributed by atoms with Gasteiger partial charge >= 0.3 is 0 Å². The van der Waals surface area contributed by atoms with Crippen LogP contribution in [0.4, 0.5) is 5.69 Å². The van der Waals surface area contributed by atoms with E-state index < -0.39 is 10.0 Å². The number of ether oxygens (including phenoxy) is 2. The minimum atomic E-state index is -3.87. The molecular weight excluding hydrogens is 392 g/mol. The maximum absolute atomic E-state index is 13.1. The van der Waals surface area contributed by atoms with Gasteiger partial charge in [-0.15, -0.1) is 0 Å². The van der Waals surface area contributed by atoms with Gasteiger partial charge in [0.2, 0.25) is 0 Å². The highest BCUT2D eigenvalue weighted by atomic mass is 32.2. The fraction of sp³-hybridized carbons (Fsp3) is 0.286. The van der Waals surface area contributed by atoms with Crippen LogP contribution >= 0.6 is 0 Å². The van der Waals surface area contributed by atoms with Gasteiger partial charge in [-0.2, -0.15) is 0 Å². The Morgan fingerprint density at radius 1 is 1.00 bits per heavy atom. The smallest absolute Gasteiger partial charge is 0.262 e. The van der Waals surface area contributed by atoms with E-state index >= 15 is 0 Å². The van der Waals surface area contributed by atoms with Crippen molar-refractivity contribution < 1.29 is 22.7 Å². The molecular formula is C21H22N2O5S. The maximum atomic E-state index is 13.1. The Morgan fingerprint density at radius 3 is 2.34 bits per heavy atom. The first-order valence-corrected chi connectivity index (χ1v) is 10.7. The number of aromatic amines is 1. The Labute approximate surface area is 169 Å². The number of rotatable bonds is 5. The summed E-state index contributed by atoms with van der Waals surface area (Å²) >= 11 is 0. The Hall–Kier alpha value is -3.00.